The number of piperidine rings is 1. The third-order valence-electron chi connectivity index (χ3n) is 5.27. The Morgan fingerprint density at radius 3 is 2.68 bits per heavy atom. The van der Waals surface area contributed by atoms with Gasteiger partial charge in [-0.15, -0.1) is 0 Å². The van der Waals surface area contributed by atoms with Gasteiger partial charge in [0.15, 0.2) is 0 Å². The van der Waals surface area contributed by atoms with Crippen molar-refractivity contribution in [2.45, 2.75) is 38.3 Å². The number of carbonyl (C=O) groups is 2. The zero-order chi connectivity index (χ0) is 18.4. The van der Waals surface area contributed by atoms with E-state index in [1.54, 1.807) is 17.9 Å². The summed E-state index contributed by atoms with van der Waals surface area (Å²) >= 11 is 0. The lowest BCUT2D eigenvalue weighted by Crippen LogP contribution is -2.49. The molecule has 3 atom stereocenters. The third-order valence-corrected chi connectivity index (χ3v) is 5.27. The molecular formula is C18H20F3NO3. The molecule has 1 heterocycles. The van der Waals surface area contributed by atoms with E-state index in [1.807, 2.05) is 0 Å². The fourth-order valence-electron chi connectivity index (χ4n) is 3.62. The standard InChI is InChI=1S/C18H20F3NO3/c1-17(16(24)25)6-3-7-22(10-17)15(23)14-9-13(14)11-4-2-5-12(8-11)18(19,20)21/h2,4-5,8,13-14H,3,6-7,9-10H2,1H3,(H,24,25). The topological polar surface area (TPSA) is 57.6 Å². The van der Waals surface area contributed by atoms with Crippen LogP contribution >= 0.6 is 0 Å². The summed E-state index contributed by atoms with van der Waals surface area (Å²) in [5.41, 5.74) is -1.14. The molecule has 0 spiro atoms. The Morgan fingerprint density at radius 2 is 2.04 bits per heavy atom. The van der Waals surface area contributed by atoms with Gasteiger partial charge < -0.3 is 10.0 Å². The number of rotatable bonds is 3. The molecule has 3 unspecified atom stereocenters. The quantitative estimate of drug-likeness (QED) is 0.903. The van der Waals surface area contributed by atoms with E-state index in [4.69, 9.17) is 0 Å². The van der Waals surface area contributed by atoms with E-state index >= 15 is 0 Å². The van der Waals surface area contributed by atoms with Crippen LogP contribution in [0.15, 0.2) is 24.3 Å². The van der Waals surface area contributed by atoms with Crippen LogP contribution in [0.4, 0.5) is 13.2 Å². The second kappa shape index (κ2) is 6.04. The largest absolute Gasteiger partial charge is 0.481 e. The summed E-state index contributed by atoms with van der Waals surface area (Å²) in [5.74, 6) is -1.63. The second-order valence-corrected chi connectivity index (χ2v) is 7.30. The van der Waals surface area contributed by atoms with Gasteiger partial charge in [0.1, 0.15) is 0 Å². The Morgan fingerprint density at radius 1 is 1.32 bits per heavy atom. The molecule has 1 amide bonds. The summed E-state index contributed by atoms with van der Waals surface area (Å²) < 4.78 is 38.5. The molecule has 1 N–H and O–H groups in total. The molecule has 0 bridgehead atoms. The number of hydrogen-bond acceptors (Lipinski definition) is 2. The molecule has 1 aromatic rings. The summed E-state index contributed by atoms with van der Waals surface area (Å²) in [6.07, 6.45) is -2.75. The molecule has 4 nitrogen and oxygen atoms in total. The molecule has 1 aromatic carbocycles. The van der Waals surface area contributed by atoms with Gasteiger partial charge in [0, 0.05) is 19.0 Å². The zero-order valence-corrected chi connectivity index (χ0v) is 13.8. The summed E-state index contributed by atoms with van der Waals surface area (Å²) in [7, 11) is 0. The number of halogens is 3. The maximum absolute atomic E-state index is 12.8. The lowest BCUT2D eigenvalue weighted by Gasteiger charge is -2.37. The monoisotopic (exact) mass is 355 g/mol. The number of carbonyl (C=O) groups excluding carboxylic acids is 1. The van der Waals surface area contributed by atoms with Gasteiger partial charge in [0.05, 0.1) is 11.0 Å². The lowest BCUT2D eigenvalue weighted by atomic mass is 9.82. The van der Waals surface area contributed by atoms with Crippen molar-refractivity contribution in [2.24, 2.45) is 11.3 Å². The van der Waals surface area contributed by atoms with Gasteiger partial charge in [-0.25, -0.2) is 0 Å². The first-order valence-electron chi connectivity index (χ1n) is 8.31. The zero-order valence-electron chi connectivity index (χ0n) is 13.8. The normalized spacial score (nSPS) is 29.4. The Balaban J connectivity index is 1.69. The molecule has 0 radical (unpaired) electrons. The van der Waals surface area contributed by atoms with E-state index in [1.165, 1.54) is 6.07 Å². The van der Waals surface area contributed by atoms with Crippen LogP contribution in [-0.2, 0) is 15.8 Å². The smallest absolute Gasteiger partial charge is 0.416 e. The Bertz CT molecular complexity index is 703. The van der Waals surface area contributed by atoms with Gasteiger partial charge in [-0.3, -0.25) is 9.59 Å². The van der Waals surface area contributed by atoms with E-state index < -0.39 is 23.1 Å². The molecule has 3 rings (SSSR count). The molecule has 0 aromatic heterocycles. The van der Waals surface area contributed by atoms with Gasteiger partial charge in [-0.1, -0.05) is 18.2 Å². The molecule has 1 saturated heterocycles. The van der Waals surface area contributed by atoms with E-state index in [2.05, 4.69) is 0 Å². The number of benzene rings is 1. The Kier molecular flexibility index (Phi) is 4.29. The summed E-state index contributed by atoms with van der Waals surface area (Å²) in [4.78, 5) is 25.6. The van der Waals surface area contributed by atoms with E-state index in [9.17, 15) is 27.9 Å². The summed E-state index contributed by atoms with van der Waals surface area (Å²) in [6, 6.07) is 5.10. The first-order chi connectivity index (χ1) is 11.6. The van der Waals surface area contributed by atoms with Crippen molar-refractivity contribution in [1.82, 2.24) is 4.90 Å². The van der Waals surface area contributed by atoms with Crippen molar-refractivity contribution in [3.8, 4) is 0 Å². The number of hydrogen-bond donors (Lipinski definition) is 1. The maximum Gasteiger partial charge on any atom is 0.416 e. The van der Waals surface area contributed by atoms with E-state index in [0.29, 0.717) is 31.4 Å². The van der Waals surface area contributed by atoms with Gasteiger partial charge in [-0.05, 0) is 43.7 Å². The van der Waals surface area contributed by atoms with Crippen molar-refractivity contribution < 1.29 is 27.9 Å². The van der Waals surface area contributed by atoms with Crippen molar-refractivity contribution >= 4 is 11.9 Å². The molecule has 2 aliphatic rings. The molecule has 136 valence electrons. The molecule has 2 fully saturated rings. The van der Waals surface area contributed by atoms with Gasteiger partial charge in [0.2, 0.25) is 5.91 Å². The molecule has 7 heteroatoms. The lowest BCUT2D eigenvalue weighted by molar-refractivity contribution is -0.153. The van der Waals surface area contributed by atoms with Crippen molar-refractivity contribution in [2.75, 3.05) is 13.1 Å². The first-order valence-corrected chi connectivity index (χ1v) is 8.31. The van der Waals surface area contributed by atoms with Crippen LogP contribution in [0, 0.1) is 11.3 Å². The van der Waals surface area contributed by atoms with Gasteiger partial charge in [0.25, 0.3) is 0 Å². The fraction of sp³-hybridized carbons (Fsp3) is 0.556. The van der Waals surface area contributed by atoms with E-state index in [0.717, 1.165) is 12.1 Å². The Hall–Kier alpha value is -2.05. The highest BCUT2D eigenvalue weighted by molar-refractivity contribution is 5.84. The highest BCUT2D eigenvalue weighted by atomic mass is 19.4. The first kappa shape index (κ1) is 17.8. The number of alkyl halides is 3. The molecule has 25 heavy (non-hydrogen) atoms. The average Bonchev–Trinajstić information content (AvgIpc) is 3.34. The maximum atomic E-state index is 12.8. The minimum absolute atomic E-state index is 0.144. The van der Waals surface area contributed by atoms with Crippen LogP contribution in [0.5, 0.6) is 0 Å². The Labute approximate surface area is 143 Å². The van der Waals surface area contributed by atoms with Crippen molar-refractivity contribution in [3.05, 3.63) is 35.4 Å². The second-order valence-electron chi connectivity index (χ2n) is 7.30. The van der Waals surface area contributed by atoms with Gasteiger partial charge >= 0.3 is 12.1 Å². The third kappa shape index (κ3) is 3.50. The van der Waals surface area contributed by atoms with Crippen LogP contribution in [0.25, 0.3) is 0 Å². The molecule has 1 aliphatic heterocycles. The summed E-state index contributed by atoms with van der Waals surface area (Å²) in [6.45, 7) is 2.30. The molecule has 1 aliphatic carbocycles. The molecular weight excluding hydrogens is 335 g/mol. The SMILES string of the molecule is CC1(C(=O)O)CCCN(C(=O)C2CC2c2cccc(C(F)(F)F)c2)C1. The van der Waals surface area contributed by atoms with Crippen molar-refractivity contribution in [3.63, 3.8) is 0 Å². The van der Waals surface area contributed by atoms with E-state index in [-0.39, 0.29) is 24.3 Å². The van der Waals surface area contributed by atoms with Crippen molar-refractivity contribution in [1.29, 1.82) is 0 Å². The van der Waals surface area contributed by atoms with Crippen LogP contribution in [0.1, 0.15) is 43.2 Å². The highest BCUT2D eigenvalue weighted by Crippen LogP contribution is 2.50. The number of aliphatic carboxylic acids is 1. The van der Waals surface area contributed by atoms with Crippen LogP contribution in [0.2, 0.25) is 0 Å². The summed E-state index contributed by atoms with van der Waals surface area (Å²) in [5, 5.41) is 9.34. The number of likely N-dealkylation sites (tertiary alicyclic amines) is 1. The van der Waals surface area contributed by atoms with Crippen LogP contribution < -0.4 is 0 Å². The average molecular weight is 355 g/mol. The van der Waals surface area contributed by atoms with Gasteiger partial charge in [-0.2, -0.15) is 13.2 Å². The number of nitrogens with zero attached hydrogens (tertiary/aromatic N) is 1. The minimum atomic E-state index is -4.40. The number of carboxylic acids is 1. The fourth-order valence-corrected chi connectivity index (χ4v) is 3.62. The number of carboxylic acid groups (broad SMARTS) is 1. The molecule has 1 saturated carbocycles. The van der Waals surface area contributed by atoms with Crippen LogP contribution in [0.3, 0.4) is 0 Å². The van der Waals surface area contributed by atoms with Crippen LogP contribution in [-0.4, -0.2) is 35.0 Å². The highest BCUT2D eigenvalue weighted by Gasteiger charge is 2.49. The minimum Gasteiger partial charge on any atom is -0.481 e. The number of amides is 1. The predicted octanol–water partition coefficient (Wildman–Crippen LogP) is 3.52. The predicted molar refractivity (Wildman–Crippen MR) is 83.8 cm³/mol.